The first kappa shape index (κ1) is 14.2. The summed E-state index contributed by atoms with van der Waals surface area (Å²) < 4.78 is 11.8. The van der Waals surface area contributed by atoms with Crippen molar-refractivity contribution in [2.75, 3.05) is 12.3 Å². The van der Waals surface area contributed by atoms with Gasteiger partial charge in [-0.2, -0.15) is 0 Å². The summed E-state index contributed by atoms with van der Waals surface area (Å²) in [5.74, 6) is -0.780. The molecule has 1 aliphatic carbocycles. The van der Waals surface area contributed by atoms with E-state index in [9.17, 15) is 9.90 Å². The Kier molecular flexibility index (Phi) is 3.76. The monoisotopic (exact) mass is 291 g/mol. The van der Waals surface area contributed by atoms with Gasteiger partial charge in [0, 0.05) is 0 Å². The number of carboxylic acid groups (broad SMARTS) is 1. The molecular weight excluding hydrogens is 270 g/mol. The van der Waals surface area contributed by atoms with Gasteiger partial charge in [0.05, 0.1) is 17.4 Å². The second-order valence-electron chi connectivity index (χ2n) is 6.01. The summed E-state index contributed by atoms with van der Waals surface area (Å²) in [4.78, 5) is 11.2. The van der Waals surface area contributed by atoms with Crippen LogP contribution in [-0.2, 0) is 4.74 Å². The third-order valence-electron chi connectivity index (χ3n) is 4.54. The standard InChI is InChI=1S/C16H21NO4/c17-13-5-3-4-12(15(18)19)14(13)20-10-11-6-9-16(21-11)7-1-2-8-16/h3-5,11H,1-2,6-10,17H2,(H,18,19). The van der Waals surface area contributed by atoms with Gasteiger partial charge in [-0.1, -0.05) is 18.9 Å². The normalized spacial score (nSPS) is 23.5. The first-order valence-electron chi connectivity index (χ1n) is 7.52. The number of anilines is 1. The molecule has 0 aromatic heterocycles. The molecule has 3 rings (SSSR count). The van der Waals surface area contributed by atoms with Gasteiger partial charge in [-0.15, -0.1) is 0 Å². The number of carbonyl (C=O) groups is 1. The molecule has 1 aromatic rings. The van der Waals surface area contributed by atoms with Gasteiger partial charge in [-0.3, -0.25) is 0 Å². The average molecular weight is 291 g/mol. The quantitative estimate of drug-likeness (QED) is 0.834. The molecule has 1 unspecified atom stereocenters. The highest BCUT2D eigenvalue weighted by molar-refractivity contribution is 5.93. The summed E-state index contributed by atoms with van der Waals surface area (Å²) in [6.07, 6.45) is 6.83. The first-order valence-corrected chi connectivity index (χ1v) is 7.52. The van der Waals surface area contributed by atoms with Gasteiger partial charge < -0.3 is 20.3 Å². The molecule has 0 amide bonds. The molecule has 1 heterocycles. The number of para-hydroxylation sites is 1. The van der Waals surface area contributed by atoms with Crippen molar-refractivity contribution >= 4 is 11.7 Å². The van der Waals surface area contributed by atoms with E-state index in [1.54, 1.807) is 12.1 Å². The largest absolute Gasteiger partial charge is 0.488 e. The van der Waals surface area contributed by atoms with Crippen LogP contribution < -0.4 is 10.5 Å². The van der Waals surface area contributed by atoms with Crippen LogP contribution in [0.15, 0.2) is 18.2 Å². The topological polar surface area (TPSA) is 81.8 Å². The number of hydrogen-bond acceptors (Lipinski definition) is 4. The third-order valence-corrected chi connectivity index (χ3v) is 4.54. The fourth-order valence-electron chi connectivity index (χ4n) is 3.46. The zero-order valence-corrected chi connectivity index (χ0v) is 12.0. The minimum Gasteiger partial charge on any atom is -0.488 e. The second-order valence-corrected chi connectivity index (χ2v) is 6.01. The lowest BCUT2D eigenvalue weighted by molar-refractivity contribution is -0.0509. The minimum atomic E-state index is -1.03. The Morgan fingerprint density at radius 3 is 2.86 bits per heavy atom. The van der Waals surface area contributed by atoms with Crippen LogP contribution in [0.5, 0.6) is 5.75 Å². The van der Waals surface area contributed by atoms with Crippen LogP contribution in [0.25, 0.3) is 0 Å². The Hall–Kier alpha value is -1.75. The van der Waals surface area contributed by atoms with Crippen molar-refractivity contribution < 1.29 is 19.4 Å². The Bertz CT molecular complexity index is 537. The lowest BCUT2D eigenvalue weighted by Crippen LogP contribution is -2.27. The first-order chi connectivity index (χ1) is 10.1. The zero-order chi connectivity index (χ0) is 14.9. The molecule has 1 aliphatic heterocycles. The number of aromatic carboxylic acids is 1. The van der Waals surface area contributed by atoms with Gasteiger partial charge in [-0.25, -0.2) is 4.79 Å². The summed E-state index contributed by atoms with van der Waals surface area (Å²) in [7, 11) is 0. The van der Waals surface area contributed by atoms with Crippen molar-refractivity contribution in [3.05, 3.63) is 23.8 Å². The van der Waals surface area contributed by atoms with Gasteiger partial charge in [0.1, 0.15) is 12.2 Å². The van der Waals surface area contributed by atoms with E-state index in [1.165, 1.54) is 18.9 Å². The lowest BCUT2D eigenvalue weighted by Gasteiger charge is -2.24. The van der Waals surface area contributed by atoms with Crippen LogP contribution in [-0.4, -0.2) is 29.4 Å². The van der Waals surface area contributed by atoms with Crippen LogP contribution in [0.4, 0.5) is 5.69 Å². The molecule has 1 aromatic carbocycles. The summed E-state index contributed by atoms with van der Waals surface area (Å²) in [5, 5.41) is 9.18. The molecule has 1 atom stereocenters. The van der Waals surface area contributed by atoms with Crippen molar-refractivity contribution in [2.24, 2.45) is 0 Å². The Labute approximate surface area is 124 Å². The lowest BCUT2D eigenvalue weighted by atomic mass is 9.98. The summed E-state index contributed by atoms with van der Waals surface area (Å²) in [6.45, 7) is 0.357. The van der Waals surface area contributed by atoms with Gasteiger partial charge in [0.2, 0.25) is 0 Å². The van der Waals surface area contributed by atoms with Gasteiger partial charge in [-0.05, 0) is 37.8 Å². The van der Waals surface area contributed by atoms with Crippen molar-refractivity contribution in [1.82, 2.24) is 0 Å². The highest BCUT2D eigenvalue weighted by Gasteiger charge is 2.42. The molecule has 5 heteroatoms. The van der Waals surface area contributed by atoms with E-state index in [2.05, 4.69) is 0 Å². The van der Waals surface area contributed by atoms with Crippen LogP contribution in [0.2, 0.25) is 0 Å². The Morgan fingerprint density at radius 2 is 2.14 bits per heavy atom. The maximum Gasteiger partial charge on any atom is 0.339 e. The van der Waals surface area contributed by atoms with E-state index in [4.69, 9.17) is 15.2 Å². The molecule has 2 aliphatic rings. The van der Waals surface area contributed by atoms with Crippen molar-refractivity contribution in [1.29, 1.82) is 0 Å². The molecule has 114 valence electrons. The van der Waals surface area contributed by atoms with Crippen LogP contribution in [0.3, 0.4) is 0 Å². The van der Waals surface area contributed by atoms with E-state index in [1.807, 2.05) is 0 Å². The Morgan fingerprint density at radius 1 is 1.38 bits per heavy atom. The van der Waals surface area contributed by atoms with Gasteiger partial charge in [0.25, 0.3) is 0 Å². The zero-order valence-electron chi connectivity index (χ0n) is 12.0. The molecule has 1 saturated heterocycles. The molecule has 3 N–H and O–H groups in total. The molecule has 0 radical (unpaired) electrons. The maximum atomic E-state index is 11.2. The number of nitrogens with two attached hydrogens (primary N) is 1. The average Bonchev–Trinajstić information content (AvgIpc) is 3.08. The second kappa shape index (κ2) is 5.56. The minimum absolute atomic E-state index is 0.0318. The number of nitrogen functional groups attached to an aromatic ring is 1. The SMILES string of the molecule is Nc1cccc(C(=O)O)c1OCC1CCC2(CCCC2)O1. The third kappa shape index (κ3) is 2.83. The van der Waals surface area contributed by atoms with Crippen molar-refractivity contribution in [3.8, 4) is 5.75 Å². The van der Waals surface area contributed by atoms with E-state index in [0.29, 0.717) is 12.3 Å². The van der Waals surface area contributed by atoms with Gasteiger partial charge >= 0.3 is 5.97 Å². The molecule has 0 bridgehead atoms. The molecule has 1 saturated carbocycles. The predicted molar refractivity (Wildman–Crippen MR) is 78.6 cm³/mol. The van der Waals surface area contributed by atoms with E-state index in [-0.39, 0.29) is 23.0 Å². The highest BCUT2D eigenvalue weighted by atomic mass is 16.6. The highest BCUT2D eigenvalue weighted by Crippen LogP contribution is 2.43. The number of hydrogen-bond donors (Lipinski definition) is 2. The molecule has 1 spiro atoms. The molecule has 5 nitrogen and oxygen atoms in total. The van der Waals surface area contributed by atoms with Crippen molar-refractivity contribution in [3.63, 3.8) is 0 Å². The fourth-order valence-corrected chi connectivity index (χ4v) is 3.46. The number of ether oxygens (including phenoxy) is 2. The summed E-state index contributed by atoms with van der Waals surface area (Å²) in [6, 6.07) is 4.77. The van der Waals surface area contributed by atoms with Crippen LogP contribution in [0.1, 0.15) is 48.9 Å². The Balaban J connectivity index is 1.65. The maximum absolute atomic E-state index is 11.2. The van der Waals surface area contributed by atoms with Gasteiger partial charge in [0.15, 0.2) is 5.75 Å². The summed E-state index contributed by atoms with van der Waals surface area (Å²) >= 11 is 0. The number of carboxylic acids is 1. The smallest absolute Gasteiger partial charge is 0.339 e. The van der Waals surface area contributed by atoms with E-state index in [0.717, 1.165) is 25.7 Å². The molecular formula is C16H21NO4. The van der Waals surface area contributed by atoms with Crippen LogP contribution >= 0.6 is 0 Å². The summed E-state index contributed by atoms with van der Waals surface area (Å²) in [5.41, 5.74) is 6.34. The number of rotatable bonds is 4. The fraction of sp³-hybridized carbons (Fsp3) is 0.562. The van der Waals surface area contributed by atoms with Crippen molar-refractivity contribution in [2.45, 2.75) is 50.2 Å². The number of benzene rings is 1. The van der Waals surface area contributed by atoms with E-state index >= 15 is 0 Å². The molecule has 2 fully saturated rings. The molecule has 21 heavy (non-hydrogen) atoms. The predicted octanol–water partition coefficient (Wildman–Crippen LogP) is 2.84. The van der Waals surface area contributed by atoms with Crippen LogP contribution in [0, 0.1) is 0 Å². The van der Waals surface area contributed by atoms with E-state index < -0.39 is 5.97 Å².